The van der Waals surface area contributed by atoms with E-state index in [-0.39, 0.29) is 12.4 Å². The van der Waals surface area contributed by atoms with Crippen LogP contribution in [0.3, 0.4) is 0 Å². The van der Waals surface area contributed by atoms with Gasteiger partial charge in [0.05, 0.1) is 0 Å². The fourth-order valence-corrected chi connectivity index (χ4v) is 0.992. The summed E-state index contributed by atoms with van der Waals surface area (Å²) < 4.78 is 13.0. The largest absolute Gasteiger partial charge is 0.313 e. The monoisotopic (exact) mass is 163 g/mol. The lowest BCUT2D eigenvalue weighted by atomic mass is 9.97. The van der Waals surface area contributed by atoms with Crippen molar-refractivity contribution in [2.24, 2.45) is 0 Å². The minimum atomic E-state index is -1.36. The smallest absolute Gasteiger partial charge is 0.182 e. The summed E-state index contributed by atoms with van der Waals surface area (Å²) in [4.78, 5) is 0. The Balaban J connectivity index is 0.000000810. The van der Waals surface area contributed by atoms with E-state index < -0.39 is 5.67 Å². The molecular formula is C7H11ClFN. The van der Waals surface area contributed by atoms with Gasteiger partial charge in [0, 0.05) is 6.54 Å². The highest BCUT2D eigenvalue weighted by Gasteiger charge is 2.28. The molecule has 1 aliphatic rings. The fraction of sp³-hybridized carbons (Fsp3) is 0.714. The van der Waals surface area contributed by atoms with Gasteiger partial charge in [-0.25, -0.2) is 4.39 Å². The second kappa shape index (κ2) is 3.80. The molecule has 1 rings (SSSR count). The van der Waals surface area contributed by atoms with Gasteiger partial charge in [-0.05, 0) is 19.4 Å². The van der Waals surface area contributed by atoms with Crippen molar-refractivity contribution in [2.45, 2.75) is 18.5 Å². The SMILES string of the molecule is C#CC1(F)CCCNC1.Cl. The third kappa shape index (κ3) is 2.17. The molecule has 0 saturated carbocycles. The van der Waals surface area contributed by atoms with Crippen molar-refractivity contribution in [1.29, 1.82) is 0 Å². The fourth-order valence-electron chi connectivity index (χ4n) is 0.992. The molecule has 1 aliphatic heterocycles. The number of piperidine rings is 1. The number of hydrogen-bond acceptors (Lipinski definition) is 1. The zero-order chi connectivity index (χ0) is 6.74. The van der Waals surface area contributed by atoms with Crippen LogP contribution in [0.15, 0.2) is 0 Å². The van der Waals surface area contributed by atoms with E-state index in [4.69, 9.17) is 6.42 Å². The van der Waals surface area contributed by atoms with Crippen LogP contribution in [0.25, 0.3) is 0 Å². The molecule has 1 atom stereocenters. The second-order valence-corrected chi connectivity index (χ2v) is 2.39. The average Bonchev–Trinajstić information content (AvgIpc) is 1.90. The maximum atomic E-state index is 13.0. The van der Waals surface area contributed by atoms with Crippen molar-refractivity contribution in [2.75, 3.05) is 13.1 Å². The van der Waals surface area contributed by atoms with Crippen molar-refractivity contribution >= 4 is 12.4 Å². The Labute approximate surface area is 66.8 Å². The van der Waals surface area contributed by atoms with Gasteiger partial charge in [-0.3, -0.25) is 0 Å². The Morgan fingerprint density at radius 1 is 1.60 bits per heavy atom. The number of terminal acetylenes is 1. The summed E-state index contributed by atoms with van der Waals surface area (Å²) in [6, 6.07) is 0. The first-order chi connectivity index (χ1) is 4.27. The number of halogens is 2. The summed E-state index contributed by atoms with van der Waals surface area (Å²) in [6.45, 7) is 1.22. The van der Waals surface area contributed by atoms with Crippen LogP contribution in [0.4, 0.5) is 4.39 Å². The zero-order valence-corrected chi connectivity index (χ0v) is 6.51. The number of rotatable bonds is 0. The van der Waals surface area contributed by atoms with Gasteiger partial charge in [-0.2, -0.15) is 0 Å². The second-order valence-electron chi connectivity index (χ2n) is 2.39. The summed E-state index contributed by atoms with van der Waals surface area (Å²) >= 11 is 0. The molecule has 1 N–H and O–H groups in total. The van der Waals surface area contributed by atoms with Gasteiger partial charge >= 0.3 is 0 Å². The zero-order valence-electron chi connectivity index (χ0n) is 5.69. The van der Waals surface area contributed by atoms with Gasteiger partial charge in [0.25, 0.3) is 0 Å². The molecule has 1 fully saturated rings. The van der Waals surface area contributed by atoms with Crippen molar-refractivity contribution in [3.05, 3.63) is 0 Å². The molecule has 1 heterocycles. The van der Waals surface area contributed by atoms with Crippen LogP contribution >= 0.6 is 12.4 Å². The summed E-state index contributed by atoms with van der Waals surface area (Å²) in [6.07, 6.45) is 6.33. The van der Waals surface area contributed by atoms with Crippen molar-refractivity contribution < 1.29 is 4.39 Å². The van der Waals surface area contributed by atoms with Gasteiger partial charge in [0.1, 0.15) is 0 Å². The minimum Gasteiger partial charge on any atom is -0.313 e. The molecule has 0 aromatic carbocycles. The minimum absolute atomic E-state index is 0. The Morgan fingerprint density at radius 2 is 2.30 bits per heavy atom. The standard InChI is InChI=1S/C7H10FN.ClH/c1-2-7(8)4-3-5-9-6-7;/h1,9H,3-6H2;1H. The van der Waals surface area contributed by atoms with Gasteiger partial charge in [0.2, 0.25) is 0 Å². The molecule has 1 nitrogen and oxygen atoms in total. The van der Waals surface area contributed by atoms with Crippen molar-refractivity contribution in [3.63, 3.8) is 0 Å². The normalized spacial score (nSPS) is 32.0. The maximum Gasteiger partial charge on any atom is 0.182 e. The van der Waals surface area contributed by atoms with Crippen LogP contribution in [0.2, 0.25) is 0 Å². The highest BCUT2D eigenvalue weighted by atomic mass is 35.5. The molecule has 3 heteroatoms. The van der Waals surface area contributed by atoms with E-state index >= 15 is 0 Å². The van der Waals surface area contributed by atoms with Crippen LogP contribution in [-0.4, -0.2) is 18.8 Å². The average molecular weight is 164 g/mol. The highest BCUT2D eigenvalue weighted by Crippen LogP contribution is 2.18. The quantitative estimate of drug-likeness (QED) is 0.528. The van der Waals surface area contributed by atoms with Crippen molar-refractivity contribution in [1.82, 2.24) is 5.32 Å². The third-order valence-electron chi connectivity index (χ3n) is 1.59. The molecule has 58 valence electrons. The van der Waals surface area contributed by atoms with E-state index in [2.05, 4.69) is 11.2 Å². The number of nitrogens with one attached hydrogen (secondary N) is 1. The molecule has 0 aliphatic carbocycles. The Morgan fingerprint density at radius 3 is 2.60 bits per heavy atom. The summed E-state index contributed by atoms with van der Waals surface area (Å²) in [5.74, 6) is 2.15. The lowest BCUT2D eigenvalue weighted by Gasteiger charge is -2.24. The highest BCUT2D eigenvalue weighted by molar-refractivity contribution is 5.85. The maximum absolute atomic E-state index is 13.0. The summed E-state index contributed by atoms with van der Waals surface area (Å²) in [5.41, 5.74) is -1.36. The molecule has 0 bridgehead atoms. The van der Waals surface area contributed by atoms with Crippen LogP contribution < -0.4 is 5.32 Å². The lowest BCUT2D eigenvalue weighted by molar-refractivity contribution is 0.190. The van der Waals surface area contributed by atoms with Crippen LogP contribution in [0, 0.1) is 12.3 Å². The van der Waals surface area contributed by atoms with Gasteiger partial charge in [-0.15, -0.1) is 18.8 Å². The molecule has 0 aromatic rings. The summed E-state index contributed by atoms with van der Waals surface area (Å²) in [5, 5.41) is 2.91. The topological polar surface area (TPSA) is 12.0 Å². The molecule has 0 amide bonds. The Hall–Kier alpha value is -0.260. The van der Waals surface area contributed by atoms with E-state index in [0.717, 1.165) is 13.0 Å². The Bertz CT molecular complexity index is 135. The molecule has 0 aromatic heterocycles. The lowest BCUT2D eigenvalue weighted by Crippen LogP contribution is -2.40. The molecular weight excluding hydrogens is 153 g/mol. The molecule has 0 radical (unpaired) electrons. The van der Waals surface area contributed by atoms with Crippen LogP contribution in [0.1, 0.15) is 12.8 Å². The predicted octanol–water partition coefficient (Wildman–Crippen LogP) is 1.13. The molecule has 10 heavy (non-hydrogen) atoms. The molecule has 1 saturated heterocycles. The van der Waals surface area contributed by atoms with Gasteiger partial charge in [-0.1, -0.05) is 5.92 Å². The first-order valence-electron chi connectivity index (χ1n) is 3.14. The van der Waals surface area contributed by atoms with Gasteiger partial charge in [0.15, 0.2) is 5.67 Å². The Kier molecular flexibility index (Phi) is 3.70. The van der Waals surface area contributed by atoms with Crippen LogP contribution in [-0.2, 0) is 0 Å². The van der Waals surface area contributed by atoms with E-state index in [0.29, 0.717) is 13.0 Å². The molecule has 1 unspecified atom stereocenters. The van der Waals surface area contributed by atoms with E-state index in [9.17, 15) is 4.39 Å². The van der Waals surface area contributed by atoms with Crippen LogP contribution in [0.5, 0.6) is 0 Å². The van der Waals surface area contributed by atoms with Crippen molar-refractivity contribution in [3.8, 4) is 12.3 Å². The van der Waals surface area contributed by atoms with E-state index in [1.54, 1.807) is 0 Å². The molecule has 0 spiro atoms. The first-order valence-corrected chi connectivity index (χ1v) is 3.14. The predicted molar refractivity (Wildman–Crippen MR) is 42.0 cm³/mol. The van der Waals surface area contributed by atoms with E-state index in [1.165, 1.54) is 0 Å². The summed E-state index contributed by atoms with van der Waals surface area (Å²) in [7, 11) is 0. The third-order valence-corrected chi connectivity index (χ3v) is 1.59. The first kappa shape index (κ1) is 9.74. The van der Waals surface area contributed by atoms with E-state index in [1.807, 2.05) is 0 Å². The number of alkyl halides is 1. The van der Waals surface area contributed by atoms with Gasteiger partial charge < -0.3 is 5.32 Å². The number of hydrogen-bond donors (Lipinski definition) is 1.